The fraction of sp³-hybridized carbons (Fsp3) is 0.615. The maximum atomic E-state index is 14.2. The molecule has 1 aromatic carbocycles. The summed E-state index contributed by atoms with van der Waals surface area (Å²) in [7, 11) is 0. The van der Waals surface area contributed by atoms with E-state index in [1.807, 2.05) is 0 Å². The van der Waals surface area contributed by atoms with Crippen molar-refractivity contribution < 1.29 is 17.6 Å². The Morgan fingerprint density at radius 1 is 1.06 bits per heavy atom. The summed E-state index contributed by atoms with van der Waals surface area (Å²) in [5.41, 5.74) is 1.77. The van der Waals surface area contributed by atoms with Gasteiger partial charge in [0.05, 0.1) is 11.3 Å². The van der Waals surface area contributed by atoms with Crippen molar-refractivity contribution >= 4 is 5.69 Å². The van der Waals surface area contributed by atoms with Crippen LogP contribution in [0.15, 0.2) is 42.1 Å². The molecule has 0 aromatic heterocycles. The minimum atomic E-state index is -4.46. The van der Waals surface area contributed by atoms with E-state index in [1.165, 1.54) is 44.1 Å². The number of nitrogens with one attached hydrogen (secondary N) is 1. The van der Waals surface area contributed by atoms with Crippen LogP contribution in [0.4, 0.5) is 23.2 Å². The van der Waals surface area contributed by atoms with Gasteiger partial charge in [0.2, 0.25) is 0 Å². The van der Waals surface area contributed by atoms with Crippen LogP contribution in [0.1, 0.15) is 56.9 Å². The van der Waals surface area contributed by atoms with Crippen LogP contribution in [0.5, 0.6) is 0 Å². The number of anilines is 1. The summed E-state index contributed by atoms with van der Waals surface area (Å²) in [6.07, 6.45) is 7.36. The second-order valence-corrected chi connectivity index (χ2v) is 9.74. The summed E-state index contributed by atoms with van der Waals surface area (Å²) in [5.74, 6) is 0.134. The highest BCUT2D eigenvalue weighted by Gasteiger charge is 2.32. The predicted molar refractivity (Wildman–Crippen MR) is 125 cm³/mol. The summed E-state index contributed by atoms with van der Waals surface area (Å²) >= 11 is 0. The van der Waals surface area contributed by atoms with Crippen LogP contribution in [-0.4, -0.2) is 43.7 Å². The molecule has 4 rings (SSSR count). The first-order chi connectivity index (χ1) is 15.8. The van der Waals surface area contributed by atoms with Crippen molar-refractivity contribution in [1.29, 1.82) is 0 Å². The van der Waals surface area contributed by atoms with Gasteiger partial charge in [-0.15, -0.1) is 0 Å². The maximum absolute atomic E-state index is 14.2. The third kappa shape index (κ3) is 6.31. The Kier molecular flexibility index (Phi) is 7.67. The number of nitrogens with zero attached hydrogens (tertiary/aromatic N) is 2. The maximum Gasteiger partial charge on any atom is 0.416 e. The Morgan fingerprint density at radius 2 is 1.79 bits per heavy atom. The predicted octanol–water partition coefficient (Wildman–Crippen LogP) is 6.13. The van der Waals surface area contributed by atoms with Gasteiger partial charge in [-0.2, -0.15) is 13.2 Å². The summed E-state index contributed by atoms with van der Waals surface area (Å²) in [6.45, 7) is 7.83. The van der Waals surface area contributed by atoms with Crippen molar-refractivity contribution in [2.24, 2.45) is 5.92 Å². The Morgan fingerprint density at radius 3 is 2.42 bits per heavy atom. The first-order valence-electron chi connectivity index (χ1n) is 12.3. The number of hydrogen-bond acceptors (Lipinski definition) is 3. The number of piperazine rings is 1. The number of hydrogen-bond donors (Lipinski definition) is 1. The molecule has 2 fully saturated rings. The highest BCUT2D eigenvalue weighted by atomic mass is 19.4. The SMILES string of the molecule is C=C(NC1CCC(CCN2CCN(c3cc(C(F)(F)F)ccc3F)CC2)CC1)C1=CCCC1. The second kappa shape index (κ2) is 10.5. The van der Waals surface area contributed by atoms with Crippen molar-refractivity contribution in [3.63, 3.8) is 0 Å². The van der Waals surface area contributed by atoms with Gasteiger partial charge in [-0.05, 0) is 87.6 Å². The zero-order valence-electron chi connectivity index (χ0n) is 19.3. The number of allylic oxidation sites excluding steroid dienone is 2. The van der Waals surface area contributed by atoms with Crippen LogP contribution in [0, 0.1) is 11.7 Å². The first kappa shape index (κ1) is 24.1. The highest BCUT2D eigenvalue weighted by Crippen LogP contribution is 2.34. The number of benzene rings is 1. The van der Waals surface area contributed by atoms with Crippen molar-refractivity contribution in [2.75, 3.05) is 37.6 Å². The van der Waals surface area contributed by atoms with Gasteiger partial charge in [0.25, 0.3) is 0 Å². The lowest BCUT2D eigenvalue weighted by Crippen LogP contribution is -2.47. The molecule has 0 radical (unpaired) electrons. The molecule has 1 saturated heterocycles. The van der Waals surface area contributed by atoms with E-state index in [4.69, 9.17) is 0 Å². The van der Waals surface area contributed by atoms with Gasteiger partial charge in [-0.1, -0.05) is 12.7 Å². The van der Waals surface area contributed by atoms with Crippen LogP contribution >= 0.6 is 0 Å². The van der Waals surface area contributed by atoms with Gasteiger partial charge in [-0.3, -0.25) is 4.90 Å². The molecule has 0 spiro atoms. The zero-order chi connectivity index (χ0) is 23.4. The molecule has 3 aliphatic rings. The average molecular weight is 466 g/mol. The van der Waals surface area contributed by atoms with Crippen molar-refractivity contribution in [2.45, 2.75) is 63.6 Å². The highest BCUT2D eigenvalue weighted by molar-refractivity contribution is 5.51. The smallest absolute Gasteiger partial charge is 0.383 e. The third-order valence-corrected chi connectivity index (χ3v) is 7.49. The molecule has 1 saturated carbocycles. The molecular weight excluding hydrogens is 430 g/mol. The molecule has 33 heavy (non-hydrogen) atoms. The molecule has 0 atom stereocenters. The molecule has 1 aliphatic heterocycles. The Hall–Kier alpha value is -2.02. The average Bonchev–Trinajstić information content (AvgIpc) is 3.34. The summed E-state index contributed by atoms with van der Waals surface area (Å²) in [4.78, 5) is 4.10. The Balaban J connectivity index is 1.18. The quantitative estimate of drug-likeness (QED) is 0.489. The van der Waals surface area contributed by atoms with Crippen LogP contribution in [0.2, 0.25) is 0 Å². The largest absolute Gasteiger partial charge is 0.416 e. The molecule has 1 heterocycles. The molecule has 2 aliphatic carbocycles. The number of alkyl halides is 3. The lowest BCUT2D eigenvalue weighted by atomic mass is 9.83. The van der Waals surface area contributed by atoms with E-state index in [2.05, 4.69) is 22.9 Å². The van der Waals surface area contributed by atoms with Crippen molar-refractivity contribution in [3.8, 4) is 0 Å². The minimum absolute atomic E-state index is 0.0604. The lowest BCUT2D eigenvalue weighted by molar-refractivity contribution is -0.137. The van der Waals surface area contributed by atoms with Gasteiger partial charge >= 0.3 is 6.18 Å². The second-order valence-electron chi connectivity index (χ2n) is 9.74. The fourth-order valence-corrected chi connectivity index (χ4v) is 5.39. The zero-order valence-corrected chi connectivity index (χ0v) is 19.3. The summed E-state index contributed by atoms with van der Waals surface area (Å²) in [5, 5.41) is 3.65. The third-order valence-electron chi connectivity index (χ3n) is 7.49. The molecule has 1 N–H and O–H groups in total. The molecule has 1 aromatic rings. The molecule has 3 nitrogen and oxygen atoms in total. The van der Waals surface area contributed by atoms with Crippen LogP contribution in [-0.2, 0) is 6.18 Å². The molecule has 0 bridgehead atoms. The van der Waals surface area contributed by atoms with Gasteiger partial charge in [0.1, 0.15) is 5.82 Å². The van der Waals surface area contributed by atoms with Gasteiger partial charge < -0.3 is 10.2 Å². The summed E-state index contributed by atoms with van der Waals surface area (Å²) < 4.78 is 53.2. The van der Waals surface area contributed by atoms with E-state index in [-0.39, 0.29) is 5.69 Å². The van der Waals surface area contributed by atoms with Crippen LogP contribution in [0.25, 0.3) is 0 Å². The van der Waals surface area contributed by atoms with Crippen LogP contribution in [0.3, 0.4) is 0 Å². The van der Waals surface area contributed by atoms with Crippen LogP contribution < -0.4 is 10.2 Å². The topological polar surface area (TPSA) is 18.5 Å². The van der Waals surface area contributed by atoms with Gasteiger partial charge in [-0.25, -0.2) is 4.39 Å². The first-order valence-corrected chi connectivity index (χ1v) is 12.3. The molecule has 182 valence electrons. The molecule has 0 unspecified atom stereocenters. The molecule has 0 amide bonds. The lowest BCUT2D eigenvalue weighted by Gasteiger charge is -2.37. The minimum Gasteiger partial charge on any atom is -0.383 e. The van der Waals surface area contributed by atoms with Gasteiger partial charge in [0, 0.05) is 37.9 Å². The molecular formula is C26H35F4N3. The van der Waals surface area contributed by atoms with E-state index in [0.29, 0.717) is 19.1 Å². The fourth-order valence-electron chi connectivity index (χ4n) is 5.39. The van der Waals surface area contributed by atoms with Crippen molar-refractivity contribution in [3.05, 3.63) is 53.5 Å². The van der Waals surface area contributed by atoms with E-state index in [9.17, 15) is 17.6 Å². The monoisotopic (exact) mass is 465 g/mol. The Bertz CT molecular complexity index is 848. The number of halogens is 4. The standard InChI is InChI=1S/C26H35F4N3/c1-19(21-4-2-3-5-21)31-23-9-6-20(7-10-23)12-13-32-14-16-33(17-15-32)25-18-22(26(28,29)30)8-11-24(25)27/h4,8,11,18,20,23,31H,1-3,5-7,9-10,12-17H2. The van der Waals surface area contributed by atoms with E-state index in [0.717, 1.165) is 62.3 Å². The normalized spacial score (nSPS) is 24.6. The van der Waals surface area contributed by atoms with Crippen molar-refractivity contribution in [1.82, 2.24) is 10.2 Å². The summed E-state index contributed by atoms with van der Waals surface area (Å²) in [6, 6.07) is 3.20. The Labute approximate surface area is 194 Å². The number of rotatable bonds is 7. The van der Waals surface area contributed by atoms with E-state index >= 15 is 0 Å². The van der Waals surface area contributed by atoms with E-state index < -0.39 is 17.6 Å². The van der Waals surface area contributed by atoms with Gasteiger partial charge in [0.15, 0.2) is 0 Å². The van der Waals surface area contributed by atoms with E-state index in [1.54, 1.807) is 4.90 Å². The molecule has 7 heteroatoms.